The number of likely N-dealkylation sites (N-methyl/N-ethyl adjacent to an activating group) is 1. The van der Waals surface area contributed by atoms with E-state index in [4.69, 9.17) is 0 Å². The Morgan fingerprint density at radius 2 is 2.33 bits per heavy atom. The van der Waals surface area contributed by atoms with Crippen LogP contribution in [0.2, 0.25) is 0 Å². The molecule has 2 heteroatoms. The molecule has 9 heavy (non-hydrogen) atoms. The number of hydrogen-bond donors (Lipinski definition) is 0. The van der Waals surface area contributed by atoms with Crippen molar-refractivity contribution in [1.82, 2.24) is 5.01 Å². The summed E-state index contributed by atoms with van der Waals surface area (Å²) in [7, 11) is 1.90. The van der Waals surface area contributed by atoms with Gasteiger partial charge in [-0.05, 0) is 13.8 Å². The summed E-state index contributed by atoms with van der Waals surface area (Å²) in [5, 5.41) is 5.52. The van der Waals surface area contributed by atoms with Gasteiger partial charge in [0.15, 0.2) is 0 Å². The second-order valence-electron chi connectivity index (χ2n) is 2.09. The van der Waals surface area contributed by atoms with E-state index in [0.29, 0.717) is 0 Å². The first kappa shape index (κ1) is 8.21. The van der Waals surface area contributed by atoms with Gasteiger partial charge in [-0.2, -0.15) is 5.10 Å². The summed E-state index contributed by atoms with van der Waals surface area (Å²) in [6.07, 6.45) is 2.07. The minimum atomic E-state index is 0.875. The van der Waals surface area contributed by atoms with E-state index in [1.54, 1.807) is 5.01 Å². The molecule has 0 amide bonds. The number of allylic oxidation sites excluding steroid dienone is 1. The van der Waals surface area contributed by atoms with Crippen molar-refractivity contribution in [3.8, 4) is 0 Å². The van der Waals surface area contributed by atoms with Gasteiger partial charge in [-0.3, -0.25) is 5.01 Å². The molecule has 0 aliphatic heterocycles. The maximum atomic E-state index is 3.72. The largest absolute Gasteiger partial charge is 0.297 e. The lowest BCUT2D eigenvalue weighted by Gasteiger charge is -2.10. The van der Waals surface area contributed by atoms with Crippen molar-refractivity contribution >= 4 is 6.72 Å². The fourth-order valence-electron chi connectivity index (χ4n) is 0.502. The predicted molar refractivity (Wildman–Crippen MR) is 41.6 cm³/mol. The highest BCUT2D eigenvalue weighted by Gasteiger charge is 1.89. The van der Waals surface area contributed by atoms with Gasteiger partial charge < -0.3 is 0 Å². The van der Waals surface area contributed by atoms with E-state index in [0.717, 1.165) is 6.54 Å². The lowest BCUT2D eigenvalue weighted by Crippen LogP contribution is -2.12. The minimum absolute atomic E-state index is 0.875. The van der Waals surface area contributed by atoms with Gasteiger partial charge in [0.25, 0.3) is 0 Å². The standard InChI is InChI=1S/C7H14N2/c1-5-7(2)6-9(4)8-3/h5H,3,6H2,1-2,4H3/b7-5+. The molecule has 0 fully saturated rings. The Bertz CT molecular complexity index is 116. The zero-order valence-electron chi connectivity index (χ0n) is 6.39. The second-order valence-corrected chi connectivity index (χ2v) is 2.09. The Kier molecular flexibility index (Phi) is 3.76. The minimum Gasteiger partial charge on any atom is -0.297 e. The van der Waals surface area contributed by atoms with Crippen LogP contribution in [-0.2, 0) is 0 Å². The molecule has 0 heterocycles. The van der Waals surface area contributed by atoms with Crippen molar-refractivity contribution in [3.05, 3.63) is 11.6 Å². The van der Waals surface area contributed by atoms with Crippen molar-refractivity contribution < 1.29 is 0 Å². The molecular formula is C7H14N2. The van der Waals surface area contributed by atoms with Crippen LogP contribution in [0, 0.1) is 0 Å². The Balaban J connectivity index is 3.59. The zero-order chi connectivity index (χ0) is 7.28. The normalized spacial score (nSPS) is 11.2. The van der Waals surface area contributed by atoms with E-state index in [-0.39, 0.29) is 0 Å². The summed E-state index contributed by atoms with van der Waals surface area (Å²) in [4.78, 5) is 0. The van der Waals surface area contributed by atoms with Gasteiger partial charge in [0, 0.05) is 13.8 Å². The fraction of sp³-hybridized carbons (Fsp3) is 0.571. The lowest BCUT2D eigenvalue weighted by molar-refractivity contribution is 0.389. The molecule has 0 aromatic rings. The van der Waals surface area contributed by atoms with Crippen molar-refractivity contribution in [2.75, 3.05) is 13.6 Å². The fourth-order valence-corrected chi connectivity index (χ4v) is 0.502. The summed E-state index contributed by atoms with van der Waals surface area (Å²) in [6, 6.07) is 0. The van der Waals surface area contributed by atoms with E-state index in [9.17, 15) is 0 Å². The van der Waals surface area contributed by atoms with E-state index in [1.165, 1.54) is 5.57 Å². The van der Waals surface area contributed by atoms with E-state index < -0.39 is 0 Å². The Morgan fingerprint density at radius 1 is 1.78 bits per heavy atom. The first-order chi connectivity index (χ1) is 4.20. The first-order valence-corrected chi connectivity index (χ1v) is 3.00. The smallest absolute Gasteiger partial charge is 0.0564 e. The molecule has 0 atom stereocenters. The zero-order valence-corrected chi connectivity index (χ0v) is 6.39. The van der Waals surface area contributed by atoms with Crippen LogP contribution in [-0.4, -0.2) is 25.3 Å². The third-order valence-electron chi connectivity index (χ3n) is 1.21. The topological polar surface area (TPSA) is 15.6 Å². The molecule has 0 bridgehead atoms. The van der Waals surface area contributed by atoms with Crippen LogP contribution < -0.4 is 0 Å². The summed E-state index contributed by atoms with van der Waals surface area (Å²) >= 11 is 0. The van der Waals surface area contributed by atoms with Gasteiger partial charge in [0.2, 0.25) is 0 Å². The lowest BCUT2D eigenvalue weighted by atomic mass is 10.3. The van der Waals surface area contributed by atoms with Crippen molar-refractivity contribution in [2.24, 2.45) is 5.10 Å². The number of nitrogens with zero attached hydrogens (tertiary/aromatic N) is 2. The molecule has 0 aromatic heterocycles. The number of hydrazone groups is 1. The van der Waals surface area contributed by atoms with Crippen LogP contribution in [0.5, 0.6) is 0 Å². The molecule has 0 saturated carbocycles. The van der Waals surface area contributed by atoms with Gasteiger partial charge in [0.1, 0.15) is 0 Å². The van der Waals surface area contributed by atoms with Crippen LogP contribution in [0.15, 0.2) is 16.8 Å². The van der Waals surface area contributed by atoms with Crippen LogP contribution in [0.3, 0.4) is 0 Å². The Morgan fingerprint density at radius 3 is 2.67 bits per heavy atom. The third kappa shape index (κ3) is 3.76. The molecule has 2 nitrogen and oxygen atoms in total. The molecule has 0 aromatic carbocycles. The molecule has 52 valence electrons. The molecule has 0 aliphatic rings. The van der Waals surface area contributed by atoms with Gasteiger partial charge in [-0.1, -0.05) is 11.6 Å². The second kappa shape index (κ2) is 4.13. The highest BCUT2D eigenvalue weighted by atomic mass is 15.4. The van der Waals surface area contributed by atoms with Crippen molar-refractivity contribution in [2.45, 2.75) is 13.8 Å². The monoisotopic (exact) mass is 126 g/mol. The molecule has 0 saturated heterocycles. The molecular weight excluding hydrogens is 112 g/mol. The highest BCUT2D eigenvalue weighted by molar-refractivity contribution is 5.22. The molecule has 0 N–H and O–H groups in total. The predicted octanol–water partition coefficient (Wildman–Crippen LogP) is 1.50. The first-order valence-electron chi connectivity index (χ1n) is 3.00. The molecule has 0 rings (SSSR count). The number of rotatable bonds is 3. The van der Waals surface area contributed by atoms with E-state index >= 15 is 0 Å². The summed E-state index contributed by atoms with van der Waals surface area (Å²) in [5.41, 5.74) is 1.31. The number of hydrogen-bond acceptors (Lipinski definition) is 2. The van der Waals surface area contributed by atoms with Gasteiger partial charge in [-0.15, -0.1) is 0 Å². The summed E-state index contributed by atoms with van der Waals surface area (Å²) < 4.78 is 0. The van der Waals surface area contributed by atoms with Crippen molar-refractivity contribution in [3.63, 3.8) is 0 Å². The van der Waals surface area contributed by atoms with Crippen LogP contribution in [0.1, 0.15) is 13.8 Å². The van der Waals surface area contributed by atoms with Gasteiger partial charge in [0.05, 0.1) is 6.54 Å². The summed E-state index contributed by atoms with van der Waals surface area (Å²) in [5.74, 6) is 0. The molecule has 0 aliphatic carbocycles. The van der Waals surface area contributed by atoms with Crippen molar-refractivity contribution in [1.29, 1.82) is 0 Å². The maximum Gasteiger partial charge on any atom is 0.0564 e. The Hall–Kier alpha value is -0.790. The quantitative estimate of drug-likeness (QED) is 0.318. The third-order valence-corrected chi connectivity index (χ3v) is 1.21. The summed E-state index contributed by atoms with van der Waals surface area (Å²) in [6.45, 7) is 8.36. The average molecular weight is 126 g/mol. The Labute approximate surface area is 56.9 Å². The molecule has 0 unspecified atom stereocenters. The van der Waals surface area contributed by atoms with Gasteiger partial charge in [-0.25, -0.2) is 0 Å². The molecule has 0 radical (unpaired) electrons. The van der Waals surface area contributed by atoms with Gasteiger partial charge >= 0.3 is 0 Å². The average Bonchev–Trinajstić information content (AvgIpc) is 1.87. The SMILES string of the molecule is C=NN(C)C/C(C)=C/C. The van der Waals surface area contributed by atoms with E-state index in [1.807, 2.05) is 14.0 Å². The van der Waals surface area contributed by atoms with E-state index in [2.05, 4.69) is 24.8 Å². The van der Waals surface area contributed by atoms with Crippen LogP contribution in [0.25, 0.3) is 0 Å². The highest BCUT2D eigenvalue weighted by Crippen LogP contribution is 1.93. The van der Waals surface area contributed by atoms with Crippen LogP contribution >= 0.6 is 0 Å². The maximum absolute atomic E-state index is 3.72. The van der Waals surface area contributed by atoms with Crippen LogP contribution in [0.4, 0.5) is 0 Å². The molecule has 0 spiro atoms.